The zero-order valence-electron chi connectivity index (χ0n) is 11.1. The van der Waals surface area contributed by atoms with Crippen LogP contribution in [0.25, 0.3) is 0 Å². The third-order valence-electron chi connectivity index (χ3n) is 3.20. The van der Waals surface area contributed by atoms with E-state index in [2.05, 4.69) is 10.6 Å². The lowest BCUT2D eigenvalue weighted by Crippen LogP contribution is -2.45. The number of carbonyl (C=O) groups excluding carboxylic acids is 1. The lowest BCUT2D eigenvalue weighted by atomic mass is 10.1. The van der Waals surface area contributed by atoms with Crippen LogP contribution in [0.2, 0.25) is 0 Å². The number of nitrogen functional groups attached to an aromatic ring is 1. The molecule has 1 saturated heterocycles. The number of hydrogen-bond acceptors (Lipinski definition) is 5. The summed E-state index contributed by atoms with van der Waals surface area (Å²) in [5, 5.41) is 16.6. The Morgan fingerprint density at radius 1 is 1.52 bits per heavy atom. The molecule has 4 N–H and O–H groups in total. The average molecular weight is 319 g/mol. The van der Waals surface area contributed by atoms with Gasteiger partial charge in [0.25, 0.3) is 11.6 Å². The predicted molar refractivity (Wildman–Crippen MR) is 78.1 cm³/mol. The fourth-order valence-corrected chi connectivity index (χ4v) is 2.18. The summed E-state index contributed by atoms with van der Waals surface area (Å²) in [5.74, 6) is -1.46. The van der Waals surface area contributed by atoms with Gasteiger partial charge in [-0.1, -0.05) is 0 Å². The van der Waals surface area contributed by atoms with E-state index in [1.165, 1.54) is 0 Å². The fraction of sp³-hybridized carbons (Fsp3) is 0.417. The Hall–Kier alpha value is -1.93. The van der Waals surface area contributed by atoms with Crippen LogP contribution in [0.3, 0.4) is 0 Å². The highest BCUT2D eigenvalue weighted by atomic mass is 35.5. The van der Waals surface area contributed by atoms with Crippen molar-refractivity contribution in [2.24, 2.45) is 0 Å². The van der Waals surface area contributed by atoms with Gasteiger partial charge in [-0.3, -0.25) is 14.9 Å². The van der Waals surface area contributed by atoms with Gasteiger partial charge in [-0.05, 0) is 25.5 Å². The Balaban J connectivity index is 0.00000220. The molecule has 2 rings (SSSR count). The first-order chi connectivity index (χ1) is 9.49. The van der Waals surface area contributed by atoms with Gasteiger partial charge in [0.15, 0.2) is 0 Å². The summed E-state index contributed by atoms with van der Waals surface area (Å²) >= 11 is 0. The minimum absolute atomic E-state index is 0. The number of halogens is 2. The number of rotatable bonds is 3. The molecule has 1 aromatic carbocycles. The quantitative estimate of drug-likeness (QED) is 0.441. The Morgan fingerprint density at radius 2 is 2.24 bits per heavy atom. The van der Waals surface area contributed by atoms with Crippen molar-refractivity contribution in [2.45, 2.75) is 18.9 Å². The molecular weight excluding hydrogens is 303 g/mol. The number of benzene rings is 1. The number of nitrogens with two attached hydrogens (primary N) is 1. The molecule has 7 nitrogen and oxygen atoms in total. The lowest BCUT2D eigenvalue weighted by Gasteiger charge is -2.24. The van der Waals surface area contributed by atoms with Gasteiger partial charge >= 0.3 is 0 Å². The van der Waals surface area contributed by atoms with Crippen LogP contribution in [0, 0.1) is 15.9 Å². The third kappa shape index (κ3) is 4.02. The van der Waals surface area contributed by atoms with Gasteiger partial charge in [0.1, 0.15) is 11.5 Å². The molecule has 21 heavy (non-hydrogen) atoms. The Bertz CT molecular complexity index is 550. The second-order valence-corrected chi connectivity index (χ2v) is 4.66. The molecule has 1 atom stereocenters. The van der Waals surface area contributed by atoms with Crippen molar-refractivity contribution in [1.29, 1.82) is 0 Å². The first-order valence-electron chi connectivity index (χ1n) is 6.24. The number of carbonyl (C=O) groups is 1. The van der Waals surface area contributed by atoms with Gasteiger partial charge in [-0.2, -0.15) is 0 Å². The largest absolute Gasteiger partial charge is 0.393 e. The van der Waals surface area contributed by atoms with Crippen LogP contribution in [-0.2, 0) is 0 Å². The van der Waals surface area contributed by atoms with Gasteiger partial charge in [-0.25, -0.2) is 4.39 Å². The van der Waals surface area contributed by atoms with E-state index >= 15 is 0 Å². The molecule has 1 heterocycles. The summed E-state index contributed by atoms with van der Waals surface area (Å²) in [6.45, 7) is 1.50. The highest BCUT2D eigenvalue weighted by Gasteiger charge is 2.23. The minimum atomic E-state index is -0.863. The molecule has 1 aromatic rings. The molecule has 0 aromatic heterocycles. The molecular formula is C12H16ClFN4O3. The van der Waals surface area contributed by atoms with Crippen LogP contribution >= 0.6 is 12.4 Å². The van der Waals surface area contributed by atoms with E-state index in [4.69, 9.17) is 5.73 Å². The van der Waals surface area contributed by atoms with Crippen molar-refractivity contribution in [1.82, 2.24) is 10.6 Å². The van der Waals surface area contributed by atoms with Crippen LogP contribution in [0.5, 0.6) is 0 Å². The summed E-state index contributed by atoms with van der Waals surface area (Å²) in [7, 11) is 0. The van der Waals surface area contributed by atoms with E-state index < -0.39 is 22.3 Å². The number of piperidine rings is 1. The van der Waals surface area contributed by atoms with Crippen LogP contribution in [0.1, 0.15) is 23.2 Å². The van der Waals surface area contributed by atoms with E-state index in [0.717, 1.165) is 25.5 Å². The zero-order valence-corrected chi connectivity index (χ0v) is 11.9. The van der Waals surface area contributed by atoms with E-state index in [0.29, 0.717) is 12.6 Å². The molecule has 0 bridgehead atoms. The van der Waals surface area contributed by atoms with Crippen LogP contribution < -0.4 is 16.4 Å². The predicted octanol–water partition coefficient (Wildman–Crippen LogP) is 1.22. The highest BCUT2D eigenvalue weighted by molar-refractivity contribution is 6.01. The molecule has 0 aliphatic carbocycles. The molecule has 1 aliphatic heterocycles. The zero-order chi connectivity index (χ0) is 14.7. The molecule has 0 saturated carbocycles. The van der Waals surface area contributed by atoms with E-state index in [1.807, 2.05) is 0 Å². The molecule has 0 spiro atoms. The maximum absolute atomic E-state index is 13.4. The SMILES string of the molecule is Cl.Nc1c(C(=O)NC2CCCNC2)cc(F)cc1[N+](=O)[O-]. The summed E-state index contributed by atoms with van der Waals surface area (Å²) in [5.41, 5.74) is 4.45. The summed E-state index contributed by atoms with van der Waals surface area (Å²) < 4.78 is 13.4. The maximum atomic E-state index is 13.4. The van der Waals surface area contributed by atoms with Crippen molar-refractivity contribution >= 4 is 29.7 Å². The molecule has 1 fully saturated rings. The normalized spacial score (nSPS) is 17.7. The number of anilines is 1. The number of nitro benzene ring substituents is 1. The molecule has 1 unspecified atom stereocenters. The van der Waals surface area contributed by atoms with E-state index in [1.54, 1.807) is 0 Å². The van der Waals surface area contributed by atoms with Crippen molar-refractivity contribution in [3.63, 3.8) is 0 Å². The number of amides is 1. The Labute approximate surface area is 126 Å². The van der Waals surface area contributed by atoms with Crippen molar-refractivity contribution in [3.8, 4) is 0 Å². The third-order valence-corrected chi connectivity index (χ3v) is 3.20. The molecule has 0 radical (unpaired) electrons. The van der Waals surface area contributed by atoms with Gasteiger partial charge < -0.3 is 16.4 Å². The number of nitro groups is 1. The van der Waals surface area contributed by atoms with Crippen molar-refractivity contribution < 1.29 is 14.1 Å². The molecule has 1 amide bonds. The van der Waals surface area contributed by atoms with Crippen molar-refractivity contribution in [3.05, 3.63) is 33.6 Å². The van der Waals surface area contributed by atoms with Crippen LogP contribution in [0.15, 0.2) is 12.1 Å². The first kappa shape index (κ1) is 17.1. The van der Waals surface area contributed by atoms with Crippen LogP contribution in [0.4, 0.5) is 15.8 Å². The standard InChI is InChI=1S/C12H15FN4O3.ClH/c13-7-4-9(11(14)10(5-7)17(19)20)12(18)16-8-2-1-3-15-6-8;/h4-5,8,15H,1-3,6,14H2,(H,16,18);1H. The van der Waals surface area contributed by atoms with Crippen LogP contribution in [-0.4, -0.2) is 30.0 Å². The van der Waals surface area contributed by atoms with E-state index in [9.17, 15) is 19.3 Å². The lowest BCUT2D eigenvalue weighted by molar-refractivity contribution is -0.384. The highest BCUT2D eigenvalue weighted by Crippen LogP contribution is 2.26. The van der Waals surface area contributed by atoms with Gasteiger partial charge in [0.05, 0.1) is 16.6 Å². The van der Waals surface area contributed by atoms with Gasteiger partial charge in [0, 0.05) is 12.6 Å². The maximum Gasteiger partial charge on any atom is 0.295 e. The molecule has 116 valence electrons. The Morgan fingerprint density at radius 3 is 2.81 bits per heavy atom. The Kier molecular flexibility index (Phi) is 5.86. The summed E-state index contributed by atoms with van der Waals surface area (Å²) in [4.78, 5) is 22.0. The fourth-order valence-electron chi connectivity index (χ4n) is 2.18. The summed E-state index contributed by atoms with van der Waals surface area (Å²) in [6.07, 6.45) is 1.72. The number of hydrogen-bond donors (Lipinski definition) is 3. The second-order valence-electron chi connectivity index (χ2n) is 4.66. The van der Waals surface area contributed by atoms with Crippen molar-refractivity contribution in [2.75, 3.05) is 18.8 Å². The molecule has 9 heteroatoms. The first-order valence-corrected chi connectivity index (χ1v) is 6.24. The minimum Gasteiger partial charge on any atom is -0.393 e. The van der Waals surface area contributed by atoms with E-state index in [-0.39, 0.29) is 29.7 Å². The number of nitrogens with zero attached hydrogens (tertiary/aromatic N) is 1. The van der Waals surface area contributed by atoms with Gasteiger partial charge in [0.2, 0.25) is 0 Å². The number of nitrogens with one attached hydrogen (secondary N) is 2. The van der Waals surface area contributed by atoms with Gasteiger partial charge in [-0.15, -0.1) is 12.4 Å². The summed E-state index contributed by atoms with van der Waals surface area (Å²) in [6, 6.07) is 1.53. The second kappa shape index (κ2) is 7.19. The smallest absolute Gasteiger partial charge is 0.295 e. The monoisotopic (exact) mass is 318 g/mol. The average Bonchev–Trinajstić information content (AvgIpc) is 2.41. The molecule has 1 aliphatic rings. The topological polar surface area (TPSA) is 110 Å².